The van der Waals surface area contributed by atoms with Gasteiger partial charge < -0.3 is 20.5 Å². The Labute approximate surface area is 116 Å². The smallest absolute Gasteiger partial charge is 0.255 e. The summed E-state index contributed by atoms with van der Waals surface area (Å²) < 4.78 is 5.50. The van der Waals surface area contributed by atoms with Crippen molar-refractivity contribution in [1.82, 2.24) is 4.90 Å². The number of nitrogens with two attached hydrogens (primary N) is 1. The molecule has 2 atom stereocenters. The number of hydrogen-bond donors (Lipinski definition) is 2. The van der Waals surface area contributed by atoms with Crippen LogP contribution in [0.25, 0.3) is 0 Å². The highest BCUT2D eigenvalue weighted by Crippen LogP contribution is 2.22. The van der Waals surface area contributed by atoms with Crippen LogP contribution in [-0.4, -0.2) is 47.8 Å². The number of amides is 1. The number of carbonyl (C=O) groups excluding carboxylic acids is 1. The quantitative estimate of drug-likeness (QED) is 0.799. The monoisotopic (exact) mass is 284 g/mol. The van der Waals surface area contributed by atoms with E-state index in [-0.39, 0.29) is 24.7 Å². The van der Waals surface area contributed by atoms with Crippen molar-refractivity contribution in [2.45, 2.75) is 19.1 Å². The van der Waals surface area contributed by atoms with Crippen molar-refractivity contribution >= 4 is 23.2 Å². The molecule has 0 spiro atoms. The van der Waals surface area contributed by atoms with Gasteiger partial charge in [0.2, 0.25) is 0 Å². The van der Waals surface area contributed by atoms with Gasteiger partial charge >= 0.3 is 0 Å². The van der Waals surface area contributed by atoms with Gasteiger partial charge in [0.15, 0.2) is 0 Å². The third-order valence-electron chi connectivity index (χ3n) is 3.04. The van der Waals surface area contributed by atoms with Crippen molar-refractivity contribution in [3.8, 4) is 0 Å². The van der Waals surface area contributed by atoms with Gasteiger partial charge in [-0.25, -0.2) is 0 Å². The first-order chi connectivity index (χ1) is 9.01. The van der Waals surface area contributed by atoms with E-state index in [0.29, 0.717) is 29.4 Å². The van der Waals surface area contributed by atoms with E-state index >= 15 is 0 Å². The molecule has 19 heavy (non-hydrogen) atoms. The van der Waals surface area contributed by atoms with Gasteiger partial charge in [0.25, 0.3) is 5.91 Å². The Bertz CT molecular complexity index is 481. The largest absolute Gasteiger partial charge is 0.399 e. The van der Waals surface area contributed by atoms with Crippen molar-refractivity contribution in [2.24, 2.45) is 0 Å². The minimum absolute atomic E-state index is 0.112. The van der Waals surface area contributed by atoms with Gasteiger partial charge in [-0.15, -0.1) is 0 Å². The van der Waals surface area contributed by atoms with E-state index in [9.17, 15) is 4.79 Å². The summed E-state index contributed by atoms with van der Waals surface area (Å²) in [6.07, 6.45) is -0.470. The number of aliphatic hydroxyl groups excluding tert-OH is 1. The lowest BCUT2D eigenvalue weighted by Gasteiger charge is -2.36. The molecule has 1 heterocycles. The second-order valence-corrected chi connectivity index (χ2v) is 5.11. The van der Waals surface area contributed by atoms with Gasteiger partial charge in [0.1, 0.15) is 0 Å². The van der Waals surface area contributed by atoms with E-state index in [1.807, 2.05) is 6.92 Å². The average molecular weight is 285 g/mol. The second kappa shape index (κ2) is 5.77. The fourth-order valence-corrected chi connectivity index (χ4v) is 2.39. The molecule has 0 aliphatic carbocycles. The molecule has 3 N–H and O–H groups in total. The number of rotatable bonds is 2. The maximum absolute atomic E-state index is 12.4. The molecule has 0 radical (unpaired) electrons. The maximum Gasteiger partial charge on any atom is 0.255 e. The molecule has 0 bridgehead atoms. The predicted molar refractivity (Wildman–Crippen MR) is 73.2 cm³/mol. The first-order valence-electron chi connectivity index (χ1n) is 6.12. The molecule has 0 aromatic heterocycles. The second-order valence-electron chi connectivity index (χ2n) is 4.70. The lowest BCUT2D eigenvalue weighted by atomic mass is 10.1. The molecule has 1 aliphatic rings. The maximum atomic E-state index is 12.4. The molecule has 1 aromatic carbocycles. The summed E-state index contributed by atoms with van der Waals surface area (Å²) in [6.45, 7) is 2.58. The molecule has 1 amide bonds. The third-order valence-corrected chi connectivity index (χ3v) is 3.37. The highest BCUT2D eigenvalue weighted by Gasteiger charge is 2.29. The first kappa shape index (κ1) is 14.1. The first-order valence-corrected chi connectivity index (χ1v) is 6.49. The van der Waals surface area contributed by atoms with Crippen LogP contribution in [0.5, 0.6) is 0 Å². The van der Waals surface area contributed by atoms with Crippen LogP contribution in [0.1, 0.15) is 17.3 Å². The summed E-state index contributed by atoms with van der Waals surface area (Å²) in [6, 6.07) is 4.83. The van der Waals surface area contributed by atoms with Crippen molar-refractivity contribution in [3.63, 3.8) is 0 Å². The van der Waals surface area contributed by atoms with Gasteiger partial charge in [-0.05, 0) is 25.1 Å². The van der Waals surface area contributed by atoms with Crippen LogP contribution in [0, 0.1) is 0 Å². The summed E-state index contributed by atoms with van der Waals surface area (Å²) >= 11 is 6.03. The Morgan fingerprint density at radius 1 is 1.58 bits per heavy atom. The Hall–Kier alpha value is -1.30. The van der Waals surface area contributed by atoms with Gasteiger partial charge in [-0.1, -0.05) is 11.6 Å². The molecule has 1 aromatic rings. The fraction of sp³-hybridized carbons (Fsp3) is 0.462. The minimum Gasteiger partial charge on any atom is -0.399 e. The van der Waals surface area contributed by atoms with Crippen molar-refractivity contribution in [3.05, 3.63) is 28.8 Å². The Balaban J connectivity index is 2.21. The number of aliphatic hydroxyl groups is 1. The van der Waals surface area contributed by atoms with Crippen molar-refractivity contribution in [1.29, 1.82) is 0 Å². The summed E-state index contributed by atoms with van der Waals surface area (Å²) in [7, 11) is 0. The summed E-state index contributed by atoms with van der Waals surface area (Å²) in [4.78, 5) is 14.1. The van der Waals surface area contributed by atoms with Gasteiger partial charge in [0, 0.05) is 18.8 Å². The molecule has 1 aliphatic heterocycles. The summed E-state index contributed by atoms with van der Waals surface area (Å²) in [5.74, 6) is -0.189. The van der Waals surface area contributed by atoms with E-state index < -0.39 is 0 Å². The highest BCUT2D eigenvalue weighted by molar-refractivity contribution is 6.34. The van der Waals surface area contributed by atoms with Crippen molar-refractivity contribution < 1.29 is 14.6 Å². The molecule has 5 nitrogen and oxygen atoms in total. The summed E-state index contributed by atoms with van der Waals surface area (Å²) in [5.41, 5.74) is 6.56. The van der Waals surface area contributed by atoms with E-state index in [2.05, 4.69) is 0 Å². The van der Waals surface area contributed by atoms with Crippen LogP contribution in [0.2, 0.25) is 5.02 Å². The number of anilines is 1. The zero-order valence-electron chi connectivity index (χ0n) is 10.7. The molecular formula is C13H17ClN2O3. The number of benzene rings is 1. The van der Waals surface area contributed by atoms with E-state index in [1.54, 1.807) is 23.1 Å². The lowest BCUT2D eigenvalue weighted by molar-refractivity contribution is -0.0858. The fourth-order valence-electron chi connectivity index (χ4n) is 2.19. The molecule has 2 unspecified atom stereocenters. The molecule has 6 heteroatoms. The topological polar surface area (TPSA) is 75.8 Å². The van der Waals surface area contributed by atoms with E-state index in [1.165, 1.54) is 0 Å². The van der Waals surface area contributed by atoms with Gasteiger partial charge in [-0.2, -0.15) is 0 Å². The number of halogens is 1. The van der Waals surface area contributed by atoms with Crippen LogP contribution < -0.4 is 5.73 Å². The van der Waals surface area contributed by atoms with E-state index in [0.717, 1.165) is 0 Å². The van der Waals surface area contributed by atoms with Crippen LogP contribution in [-0.2, 0) is 4.74 Å². The summed E-state index contributed by atoms with van der Waals surface area (Å²) in [5, 5.41) is 9.54. The predicted octanol–water partition coefficient (Wildman–Crippen LogP) is 1.14. The number of hydrogen-bond acceptors (Lipinski definition) is 4. The van der Waals surface area contributed by atoms with Crippen LogP contribution in [0.3, 0.4) is 0 Å². The molecule has 104 valence electrons. The number of nitrogens with zero attached hydrogens (tertiary/aromatic N) is 1. The Morgan fingerprint density at radius 3 is 3.00 bits per heavy atom. The Kier molecular flexibility index (Phi) is 4.29. The van der Waals surface area contributed by atoms with Gasteiger partial charge in [0.05, 0.1) is 29.4 Å². The van der Waals surface area contributed by atoms with Crippen molar-refractivity contribution in [2.75, 3.05) is 25.4 Å². The molecule has 0 saturated carbocycles. The van der Waals surface area contributed by atoms with Crippen LogP contribution >= 0.6 is 11.6 Å². The molecule has 1 saturated heterocycles. The normalized spacial score (nSPS) is 23.4. The highest BCUT2D eigenvalue weighted by atomic mass is 35.5. The zero-order valence-corrected chi connectivity index (χ0v) is 11.4. The molecule has 2 rings (SSSR count). The average Bonchev–Trinajstić information content (AvgIpc) is 2.40. The number of morpholine rings is 1. The standard InChI is InChI=1S/C13H17ClN2O3/c1-8-5-16(6-10(7-17)19-8)13(18)11-4-9(15)2-3-12(11)14/h2-4,8,10,17H,5-7,15H2,1H3. The van der Waals surface area contributed by atoms with Crippen LogP contribution in [0.15, 0.2) is 18.2 Å². The number of ether oxygens (including phenoxy) is 1. The number of carbonyl (C=O) groups is 1. The van der Waals surface area contributed by atoms with Gasteiger partial charge in [-0.3, -0.25) is 4.79 Å². The zero-order chi connectivity index (χ0) is 14.0. The molecular weight excluding hydrogens is 268 g/mol. The van der Waals surface area contributed by atoms with Crippen LogP contribution in [0.4, 0.5) is 5.69 Å². The SMILES string of the molecule is CC1CN(C(=O)c2cc(N)ccc2Cl)CC(CO)O1. The Morgan fingerprint density at radius 2 is 2.32 bits per heavy atom. The minimum atomic E-state index is -0.354. The lowest BCUT2D eigenvalue weighted by Crippen LogP contribution is -2.50. The number of nitrogen functional groups attached to an aromatic ring is 1. The van der Waals surface area contributed by atoms with E-state index in [4.69, 9.17) is 27.2 Å². The molecule has 1 fully saturated rings. The third kappa shape index (κ3) is 3.18.